The van der Waals surface area contributed by atoms with Crippen LogP contribution in [0.2, 0.25) is 0 Å². The first-order valence-electron chi connectivity index (χ1n) is 7.66. The zero-order chi connectivity index (χ0) is 13.0. The molecule has 3 aliphatic rings. The Labute approximate surface area is 112 Å². The number of rotatable bonds is 2. The van der Waals surface area contributed by atoms with Crippen LogP contribution in [0.4, 0.5) is 0 Å². The lowest BCUT2D eigenvalue weighted by Crippen LogP contribution is -2.31. The Morgan fingerprint density at radius 1 is 1.22 bits per heavy atom. The Kier molecular flexibility index (Phi) is 5.02. The van der Waals surface area contributed by atoms with Crippen LogP contribution in [0.3, 0.4) is 0 Å². The minimum absolute atomic E-state index is 0.478. The van der Waals surface area contributed by atoms with Crippen molar-refractivity contribution in [1.82, 2.24) is 4.90 Å². The van der Waals surface area contributed by atoms with Crippen LogP contribution < -0.4 is 5.73 Å². The van der Waals surface area contributed by atoms with Crippen LogP contribution in [0, 0.1) is 11.8 Å². The normalized spacial score (nSPS) is 34.8. The monoisotopic (exact) mass is 248 g/mol. The number of allylic oxidation sites excluding steroid dienone is 2. The van der Waals surface area contributed by atoms with Crippen LogP contribution in [-0.2, 0) is 0 Å². The summed E-state index contributed by atoms with van der Waals surface area (Å²) in [6.45, 7) is 7.66. The topological polar surface area (TPSA) is 29.3 Å². The van der Waals surface area contributed by atoms with E-state index in [4.69, 9.17) is 5.73 Å². The highest BCUT2D eigenvalue weighted by Gasteiger charge is 2.40. The van der Waals surface area contributed by atoms with Crippen molar-refractivity contribution < 1.29 is 0 Å². The largest absolute Gasteiger partial charge is 0.327 e. The lowest BCUT2D eigenvalue weighted by Gasteiger charge is -2.19. The summed E-state index contributed by atoms with van der Waals surface area (Å²) in [6, 6.07) is 0.478. The molecule has 0 aromatic rings. The molecule has 2 aliphatic carbocycles. The molecular formula is C16H28N2. The lowest BCUT2D eigenvalue weighted by atomic mass is 9.98. The molecule has 0 aromatic carbocycles. The van der Waals surface area contributed by atoms with E-state index in [1.807, 2.05) is 13.8 Å². The Bertz CT molecular complexity index is 319. The van der Waals surface area contributed by atoms with Gasteiger partial charge in [-0.1, -0.05) is 32.1 Å². The fourth-order valence-corrected chi connectivity index (χ4v) is 3.57. The van der Waals surface area contributed by atoms with Crippen LogP contribution in [0.5, 0.6) is 0 Å². The fraction of sp³-hybridized carbons (Fsp3) is 0.750. The van der Waals surface area contributed by atoms with E-state index >= 15 is 0 Å². The predicted molar refractivity (Wildman–Crippen MR) is 78.4 cm³/mol. The van der Waals surface area contributed by atoms with Gasteiger partial charge >= 0.3 is 0 Å². The molecule has 1 saturated heterocycles. The lowest BCUT2D eigenvalue weighted by molar-refractivity contribution is 0.331. The van der Waals surface area contributed by atoms with E-state index in [2.05, 4.69) is 23.1 Å². The molecule has 102 valence electrons. The summed E-state index contributed by atoms with van der Waals surface area (Å²) < 4.78 is 0. The molecule has 3 unspecified atom stereocenters. The number of hydrogen-bond acceptors (Lipinski definition) is 2. The van der Waals surface area contributed by atoms with E-state index in [1.165, 1.54) is 44.3 Å². The highest BCUT2D eigenvalue weighted by atomic mass is 15.2. The molecule has 0 bridgehead atoms. The molecule has 0 aromatic heterocycles. The SMILES string of the molecule is CC.NC1CCC2CN(CC3=CCCC=C3)CC12. The third kappa shape index (κ3) is 3.04. The number of likely N-dealkylation sites (tertiary alicyclic amines) is 1. The quantitative estimate of drug-likeness (QED) is 0.814. The number of nitrogens with zero attached hydrogens (tertiary/aromatic N) is 1. The van der Waals surface area contributed by atoms with E-state index in [1.54, 1.807) is 0 Å². The van der Waals surface area contributed by atoms with Gasteiger partial charge in [0.25, 0.3) is 0 Å². The molecule has 3 rings (SSSR count). The minimum atomic E-state index is 0.478. The summed E-state index contributed by atoms with van der Waals surface area (Å²) >= 11 is 0. The van der Waals surface area contributed by atoms with E-state index < -0.39 is 0 Å². The summed E-state index contributed by atoms with van der Waals surface area (Å²) in [7, 11) is 0. The van der Waals surface area contributed by atoms with Crippen LogP contribution in [0.15, 0.2) is 23.8 Å². The molecular weight excluding hydrogens is 220 g/mol. The maximum atomic E-state index is 6.16. The molecule has 0 amide bonds. The highest BCUT2D eigenvalue weighted by Crippen LogP contribution is 2.37. The van der Waals surface area contributed by atoms with E-state index in [-0.39, 0.29) is 0 Å². The van der Waals surface area contributed by atoms with Crippen molar-refractivity contribution in [3.63, 3.8) is 0 Å². The molecule has 1 heterocycles. The van der Waals surface area contributed by atoms with Gasteiger partial charge in [-0.3, -0.25) is 4.90 Å². The van der Waals surface area contributed by atoms with Gasteiger partial charge in [-0.25, -0.2) is 0 Å². The summed E-state index contributed by atoms with van der Waals surface area (Å²) in [6.07, 6.45) is 12.1. The van der Waals surface area contributed by atoms with Gasteiger partial charge in [-0.2, -0.15) is 0 Å². The summed E-state index contributed by atoms with van der Waals surface area (Å²) in [5, 5.41) is 0. The van der Waals surface area contributed by atoms with Crippen LogP contribution in [-0.4, -0.2) is 30.6 Å². The second kappa shape index (κ2) is 6.53. The first-order chi connectivity index (χ1) is 8.83. The van der Waals surface area contributed by atoms with Crippen molar-refractivity contribution in [2.75, 3.05) is 19.6 Å². The third-order valence-electron chi connectivity index (χ3n) is 4.47. The van der Waals surface area contributed by atoms with Gasteiger partial charge in [-0.05, 0) is 43.1 Å². The molecule has 1 saturated carbocycles. The van der Waals surface area contributed by atoms with E-state index in [0.717, 1.165) is 18.4 Å². The Hall–Kier alpha value is -0.600. The van der Waals surface area contributed by atoms with Gasteiger partial charge in [0.15, 0.2) is 0 Å². The second-order valence-corrected chi connectivity index (χ2v) is 5.62. The van der Waals surface area contributed by atoms with Gasteiger partial charge in [0, 0.05) is 25.7 Å². The second-order valence-electron chi connectivity index (χ2n) is 5.62. The van der Waals surface area contributed by atoms with Crippen LogP contribution in [0.1, 0.15) is 39.5 Å². The maximum absolute atomic E-state index is 6.16. The first kappa shape index (κ1) is 13.8. The molecule has 1 aliphatic heterocycles. The van der Waals surface area contributed by atoms with Crippen molar-refractivity contribution >= 4 is 0 Å². The van der Waals surface area contributed by atoms with Crippen molar-refractivity contribution in [1.29, 1.82) is 0 Å². The molecule has 0 spiro atoms. The van der Waals surface area contributed by atoms with Crippen molar-refractivity contribution in [2.45, 2.75) is 45.6 Å². The molecule has 18 heavy (non-hydrogen) atoms. The summed E-state index contributed by atoms with van der Waals surface area (Å²) in [4.78, 5) is 2.61. The van der Waals surface area contributed by atoms with E-state index in [9.17, 15) is 0 Å². The van der Waals surface area contributed by atoms with Gasteiger partial charge < -0.3 is 5.73 Å². The zero-order valence-electron chi connectivity index (χ0n) is 11.9. The molecule has 2 heteroatoms. The van der Waals surface area contributed by atoms with Crippen LogP contribution in [0.25, 0.3) is 0 Å². The Balaban J connectivity index is 0.000000574. The third-order valence-corrected chi connectivity index (χ3v) is 4.47. The fourth-order valence-electron chi connectivity index (χ4n) is 3.57. The molecule has 3 atom stereocenters. The standard InChI is InChI=1S/C14H22N2.C2H6/c15-14-7-6-12-9-16(10-13(12)14)8-11-4-2-1-3-5-11;1-2/h2,4-5,12-14H,1,3,6-10,15H2;1-2H3. The number of nitrogens with two attached hydrogens (primary N) is 1. The summed E-state index contributed by atoms with van der Waals surface area (Å²) in [5.41, 5.74) is 7.67. The average Bonchev–Trinajstić information content (AvgIpc) is 2.96. The number of fused-ring (bicyclic) bond motifs is 1. The maximum Gasteiger partial charge on any atom is 0.0230 e. The predicted octanol–water partition coefficient (Wildman–Crippen LogP) is 2.96. The van der Waals surface area contributed by atoms with Gasteiger partial charge in [0.05, 0.1) is 0 Å². The average molecular weight is 248 g/mol. The van der Waals surface area contributed by atoms with Gasteiger partial charge in [0.1, 0.15) is 0 Å². The molecule has 2 N–H and O–H groups in total. The van der Waals surface area contributed by atoms with E-state index in [0.29, 0.717) is 6.04 Å². The minimum Gasteiger partial charge on any atom is -0.327 e. The van der Waals surface area contributed by atoms with Crippen molar-refractivity contribution in [3.05, 3.63) is 23.8 Å². The molecule has 0 radical (unpaired) electrons. The highest BCUT2D eigenvalue weighted by molar-refractivity contribution is 5.24. The van der Waals surface area contributed by atoms with Gasteiger partial charge in [0.2, 0.25) is 0 Å². The van der Waals surface area contributed by atoms with Crippen molar-refractivity contribution in [2.24, 2.45) is 17.6 Å². The number of hydrogen-bond donors (Lipinski definition) is 1. The Morgan fingerprint density at radius 3 is 2.72 bits per heavy atom. The first-order valence-corrected chi connectivity index (χ1v) is 7.66. The van der Waals surface area contributed by atoms with Gasteiger partial charge in [-0.15, -0.1) is 0 Å². The molecule has 2 fully saturated rings. The smallest absolute Gasteiger partial charge is 0.0230 e. The molecule has 2 nitrogen and oxygen atoms in total. The Morgan fingerprint density at radius 2 is 2.06 bits per heavy atom. The van der Waals surface area contributed by atoms with Crippen LogP contribution >= 0.6 is 0 Å². The van der Waals surface area contributed by atoms with Crippen molar-refractivity contribution in [3.8, 4) is 0 Å². The zero-order valence-corrected chi connectivity index (χ0v) is 11.9. The summed E-state index contributed by atoms with van der Waals surface area (Å²) in [5.74, 6) is 1.68.